The number of nitrogens with zero attached hydrogens (tertiary/aromatic N) is 7. The van der Waals surface area contributed by atoms with E-state index in [1.807, 2.05) is 30.3 Å². The number of hydrogen-bond donors (Lipinski definition) is 2. The van der Waals surface area contributed by atoms with E-state index < -0.39 is 0 Å². The van der Waals surface area contributed by atoms with Gasteiger partial charge < -0.3 is 0 Å². The summed E-state index contributed by atoms with van der Waals surface area (Å²) in [4.78, 5) is 13.2. The van der Waals surface area contributed by atoms with Crippen LogP contribution >= 0.6 is 0 Å². The smallest absolute Gasteiger partial charge is 0.222 e. The molecule has 0 unspecified atom stereocenters. The highest BCUT2D eigenvalue weighted by atomic mass is 15.5. The van der Waals surface area contributed by atoms with Crippen LogP contribution in [0.5, 0.6) is 0 Å². The summed E-state index contributed by atoms with van der Waals surface area (Å²) in [7, 11) is 0. The van der Waals surface area contributed by atoms with Crippen LogP contribution in [0.25, 0.3) is 23.0 Å². The minimum absolute atomic E-state index is 0.00289. The minimum atomic E-state index is 0.00289. The Bertz CT molecular complexity index is 925. The van der Waals surface area contributed by atoms with Crippen LogP contribution in [0.1, 0.15) is 25.1 Å². The quantitative estimate of drug-likeness (QED) is 0.540. The van der Waals surface area contributed by atoms with Gasteiger partial charge in [0.15, 0.2) is 5.82 Å². The topological polar surface area (TPSA) is 122 Å². The summed E-state index contributed by atoms with van der Waals surface area (Å²) in [6, 6.07) is 9.99. The van der Waals surface area contributed by atoms with Crippen LogP contribution in [0.2, 0.25) is 0 Å². The number of tetrazole rings is 1. The van der Waals surface area contributed by atoms with Crippen LogP contribution in [0.4, 0.5) is 0 Å². The molecule has 27 heavy (non-hydrogen) atoms. The summed E-state index contributed by atoms with van der Waals surface area (Å²) >= 11 is 0. The van der Waals surface area contributed by atoms with Gasteiger partial charge >= 0.3 is 0 Å². The Morgan fingerprint density at radius 1 is 1.04 bits per heavy atom. The van der Waals surface area contributed by atoms with Gasteiger partial charge in [0.25, 0.3) is 0 Å². The van der Waals surface area contributed by atoms with Gasteiger partial charge in [-0.05, 0) is 53.3 Å². The highest BCUT2D eigenvalue weighted by Gasteiger charge is 2.21. The SMILES string of the molecule is CC(C)(Cc1ccnc(-c2nn[nH]n2)c1)Cc1cccc(-c2ncn[nH]2)n1. The van der Waals surface area contributed by atoms with E-state index in [9.17, 15) is 0 Å². The predicted molar refractivity (Wildman–Crippen MR) is 98.2 cm³/mol. The summed E-state index contributed by atoms with van der Waals surface area (Å²) in [5, 5.41) is 20.8. The lowest BCUT2D eigenvalue weighted by Crippen LogP contribution is -2.19. The first-order chi connectivity index (χ1) is 13.1. The maximum atomic E-state index is 4.72. The van der Waals surface area contributed by atoms with E-state index in [2.05, 4.69) is 54.6 Å². The highest BCUT2D eigenvalue weighted by molar-refractivity contribution is 5.49. The molecular weight excluding hydrogens is 342 g/mol. The molecule has 0 aliphatic carbocycles. The second kappa shape index (κ2) is 7.02. The van der Waals surface area contributed by atoms with Crippen molar-refractivity contribution in [3.8, 4) is 23.0 Å². The van der Waals surface area contributed by atoms with Crippen LogP contribution in [0.3, 0.4) is 0 Å². The zero-order valence-corrected chi connectivity index (χ0v) is 15.1. The Morgan fingerprint density at radius 3 is 2.74 bits per heavy atom. The van der Waals surface area contributed by atoms with Crippen LogP contribution in [0.15, 0.2) is 42.9 Å². The molecule has 0 saturated carbocycles. The number of aromatic nitrogens is 9. The molecule has 9 nitrogen and oxygen atoms in total. The molecule has 2 N–H and O–H groups in total. The Labute approximate surface area is 155 Å². The van der Waals surface area contributed by atoms with Crippen molar-refractivity contribution < 1.29 is 0 Å². The van der Waals surface area contributed by atoms with E-state index in [-0.39, 0.29) is 5.41 Å². The van der Waals surface area contributed by atoms with Crippen LogP contribution in [-0.2, 0) is 12.8 Å². The molecule has 0 aliphatic rings. The molecule has 136 valence electrons. The van der Waals surface area contributed by atoms with E-state index in [4.69, 9.17) is 4.98 Å². The molecular formula is C18H19N9. The summed E-state index contributed by atoms with van der Waals surface area (Å²) in [6.07, 6.45) is 4.96. The fraction of sp³-hybridized carbons (Fsp3) is 0.278. The highest BCUT2D eigenvalue weighted by Crippen LogP contribution is 2.27. The van der Waals surface area contributed by atoms with E-state index in [0.717, 1.165) is 24.2 Å². The van der Waals surface area contributed by atoms with Gasteiger partial charge in [-0.2, -0.15) is 10.3 Å². The van der Waals surface area contributed by atoms with Crippen molar-refractivity contribution in [3.63, 3.8) is 0 Å². The molecule has 0 amide bonds. The first-order valence-electron chi connectivity index (χ1n) is 8.59. The third-order valence-electron chi connectivity index (χ3n) is 4.21. The second-order valence-electron chi connectivity index (χ2n) is 7.15. The van der Waals surface area contributed by atoms with Crippen molar-refractivity contribution in [3.05, 3.63) is 54.1 Å². The Kier molecular flexibility index (Phi) is 4.41. The summed E-state index contributed by atoms with van der Waals surface area (Å²) < 4.78 is 0. The van der Waals surface area contributed by atoms with E-state index in [1.54, 1.807) is 6.20 Å². The van der Waals surface area contributed by atoms with E-state index in [0.29, 0.717) is 17.3 Å². The molecule has 0 fully saturated rings. The number of pyridine rings is 2. The monoisotopic (exact) mass is 361 g/mol. The molecule has 0 saturated heterocycles. The van der Waals surface area contributed by atoms with Crippen molar-refractivity contribution in [1.82, 2.24) is 45.8 Å². The van der Waals surface area contributed by atoms with Crippen molar-refractivity contribution >= 4 is 0 Å². The lowest BCUT2D eigenvalue weighted by Gasteiger charge is -2.24. The number of nitrogens with one attached hydrogen (secondary N) is 2. The minimum Gasteiger partial charge on any atom is -0.258 e. The largest absolute Gasteiger partial charge is 0.258 e. The van der Waals surface area contributed by atoms with Gasteiger partial charge in [0.1, 0.15) is 17.7 Å². The van der Waals surface area contributed by atoms with Crippen molar-refractivity contribution in [2.75, 3.05) is 0 Å². The van der Waals surface area contributed by atoms with Gasteiger partial charge in [-0.1, -0.05) is 19.9 Å². The van der Waals surface area contributed by atoms with Gasteiger partial charge in [-0.25, -0.2) is 9.97 Å². The van der Waals surface area contributed by atoms with Gasteiger partial charge in [0.2, 0.25) is 5.82 Å². The molecule has 4 rings (SSSR count). The second-order valence-corrected chi connectivity index (χ2v) is 7.15. The maximum Gasteiger partial charge on any atom is 0.222 e. The Morgan fingerprint density at radius 2 is 1.96 bits per heavy atom. The van der Waals surface area contributed by atoms with Gasteiger partial charge in [0.05, 0.1) is 0 Å². The standard InChI is InChI=1S/C18H19N9/c1-18(2,9-12-6-7-19-15(8-12)17-24-26-27-25-17)10-13-4-3-5-14(22-13)16-20-11-21-23-16/h3-8,11H,9-10H2,1-2H3,(H,20,21,23)(H,24,25,26,27). The summed E-state index contributed by atoms with van der Waals surface area (Å²) in [5.41, 5.74) is 3.69. The first kappa shape index (κ1) is 17.0. The van der Waals surface area contributed by atoms with E-state index in [1.165, 1.54) is 11.9 Å². The number of H-pyrrole nitrogens is 2. The number of rotatable bonds is 6. The summed E-state index contributed by atoms with van der Waals surface area (Å²) in [5.74, 6) is 1.17. The number of hydrogen-bond acceptors (Lipinski definition) is 7. The van der Waals surface area contributed by atoms with E-state index >= 15 is 0 Å². The first-order valence-corrected chi connectivity index (χ1v) is 8.59. The maximum absolute atomic E-state index is 4.72. The zero-order chi connectivity index (χ0) is 18.7. The fourth-order valence-corrected chi connectivity index (χ4v) is 3.12. The molecule has 9 heteroatoms. The predicted octanol–water partition coefficient (Wildman–Crippen LogP) is 2.25. The third kappa shape index (κ3) is 4.02. The molecule has 0 bridgehead atoms. The normalized spacial score (nSPS) is 11.6. The van der Waals surface area contributed by atoms with Gasteiger partial charge in [-0.15, -0.1) is 10.2 Å². The molecule has 0 atom stereocenters. The lowest BCUT2D eigenvalue weighted by atomic mass is 9.81. The van der Waals surface area contributed by atoms with Crippen molar-refractivity contribution in [2.24, 2.45) is 5.41 Å². The molecule has 0 aliphatic heterocycles. The molecule has 4 aromatic heterocycles. The van der Waals surface area contributed by atoms with Gasteiger partial charge in [0, 0.05) is 11.9 Å². The Balaban J connectivity index is 1.51. The van der Waals surface area contributed by atoms with Crippen molar-refractivity contribution in [1.29, 1.82) is 0 Å². The zero-order valence-electron chi connectivity index (χ0n) is 15.1. The molecule has 4 heterocycles. The molecule has 0 aromatic carbocycles. The summed E-state index contributed by atoms with van der Waals surface area (Å²) in [6.45, 7) is 4.45. The Hall–Kier alpha value is -3.49. The lowest BCUT2D eigenvalue weighted by molar-refractivity contribution is 0.357. The third-order valence-corrected chi connectivity index (χ3v) is 4.21. The fourth-order valence-electron chi connectivity index (χ4n) is 3.12. The van der Waals surface area contributed by atoms with Crippen molar-refractivity contribution in [2.45, 2.75) is 26.7 Å². The average molecular weight is 361 g/mol. The van der Waals surface area contributed by atoms with Crippen LogP contribution in [-0.4, -0.2) is 45.8 Å². The van der Waals surface area contributed by atoms with Gasteiger partial charge in [-0.3, -0.25) is 10.1 Å². The number of aromatic amines is 2. The van der Waals surface area contributed by atoms with Crippen LogP contribution in [0, 0.1) is 5.41 Å². The molecule has 4 aromatic rings. The molecule has 0 radical (unpaired) electrons. The molecule has 0 spiro atoms. The average Bonchev–Trinajstić information content (AvgIpc) is 3.35. The van der Waals surface area contributed by atoms with Crippen LogP contribution < -0.4 is 0 Å².